The van der Waals surface area contributed by atoms with Crippen molar-refractivity contribution >= 4 is 12.2 Å². The highest BCUT2D eigenvalue weighted by molar-refractivity contribution is 5.57. The molecule has 164 valence electrons. The molecule has 0 bridgehead atoms. The van der Waals surface area contributed by atoms with Crippen molar-refractivity contribution in [2.45, 2.75) is 44.1 Å². The molecule has 1 aromatic heterocycles. The number of piperazine rings is 1. The Bertz CT molecular complexity index is 926. The monoisotopic (exact) mass is 419 g/mol. The number of nitrogens with one attached hydrogen (secondary N) is 4. The molecule has 3 heterocycles. The Labute approximate surface area is 184 Å². The molecule has 0 amide bonds. The van der Waals surface area contributed by atoms with Crippen molar-refractivity contribution in [3.63, 3.8) is 0 Å². The molecule has 6 nitrogen and oxygen atoms in total. The topological polar surface area (TPSA) is 74.0 Å². The molecular weight excluding hydrogens is 386 g/mol. The molecule has 3 aliphatic rings. The molecule has 1 aromatic carbocycles. The minimum absolute atomic E-state index is 0.331. The molecule has 1 saturated carbocycles. The van der Waals surface area contributed by atoms with Crippen LogP contribution in [0.3, 0.4) is 0 Å². The van der Waals surface area contributed by atoms with Gasteiger partial charge in [-0.05, 0) is 37.0 Å². The number of imidazole rings is 1. The Morgan fingerprint density at radius 3 is 2.52 bits per heavy atom. The molecule has 2 saturated heterocycles. The maximum absolute atomic E-state index is 5.72. The lowest BCUT2D eigenvalue weighted by Crippen LogP contribution is -2.45. The second-order valence-corrected chi connectivity index (χ2v) is 8.80. The Hall–Kier alpha value is -2.57. The lowest BCUT2D eigenvalue weighted by atomic mass is 9.96. The van der Waals surface area contributed by atoms with E-state index in [1.807, 2.05) is 6.07 Å². The molecule has 5 rings (SSSR count). The molecule has 6 heteroatoms. The summed E-state index contributed by atoms with van der Waals surface area (Å²) in [5.74, 6) is 2.08. The number of morpholine rings is 1. The van der Waals surface area contributed by atoms with Gasteiger partial charge >= 0.3 is 0 Å². The third-order valence-electron chi connectivity index (χ3n) is 6.46. The lowest BCUT2D eigenvalue weighted by molar-refractivity contribution is 0.0664. The summed E-state index contributed by atoms with van der Waals surface area (Å²) >= 11 is 0. The van der Waals surface area contributed by atoms with E-state index in [0.717, 1.165) is 50.8 Å². The first-order valence-corrected chi connectivity index (χ1v) is 11.6. The Morgan fingerprint density at radius 2 is 1.87 bits per heavy atom. The van der Waals surface area contributed by atoms with Crippen LogP contribution in [-0.2, 0) is 4.74 Å². The number of H-pyrrole nitrogens is 1. The smallest absolute Gasteiger partial charge is 0.111 e. The van der Waals surface area contributed by atoms with Crippen molar-refractivity contribution in [1.82, 2.24) is 25.9 Å². The van der Waals surface area contributed by atoms with Crippen molar-refractivity contribution in [2.75, 3.05) is 32.8 Å². The van der Waals surface area contributed by atoms with Crippen molar-refractivity contribution in [2.24, 2.45) is 0 Å². The molecule has 4 N–H and O–H groups in total. The van der Waals surface area contributed by atoms with Crippen molar-refractivity contribution in [1.29, 1.82) is 0 Å². The lowest BCUT2D eigenvalue weighted by Gasteiger charge is -2.29. The average molecular weight is 420 g/mol. The molecule has 3 fully saturated rings. The number of hydrogen-bond donors (Lipinski definition) is 4. The summed E-state index contributed by atoms with van der Waals surface area (Å²) in [6.07, 6.45) is 8.00. The summed E-state index contributed by atoms with van der Waals surface area (Å²) in [7, 11) is 0. The van der Waals surface area contributed by atoms with E-state index in [1.165, 1.54) is 35.5 Å². The van der Waals surface area contributed by atoms with Gasteiger partial charge in [0.2, 0.25) is 0 Å². The summed E-state index contributed by atoms with van der Waals surface area (Å²) in [6.45, 7) is 6.32. The van der Waals surface area contributed by atoms with Gasteiger partial charge in [0.25, 0.3) is 0 Å². The van der Waals surface area contributed by atoms with Crippen LogP contribution in [0.4, 0.5) is 0 Å². The first-order chi connectivity index (χ1) is 15.3. The predicted molar refractivity (Wildman–Crippen MR) is 125 cm³/mol. The van der Waals surface area contributed by atoms with Gasteiger partial charge in [-0.15, -0.1) is 0 Å². The first-order valence-electron chi connectivity index (χ1n) is 11.6. The second kappa shape index (κ2) is 9.28. The highest BCUT2D eigenvalue weighted by Crippen LogP contribution is 2.42. The van der Waals surface area contributed by atoms with E-state index < -0.39 is 0 Å². The number of hydrogen-bond acceptors (Lipinski definition) is 5. The zero-order valence-corrected chi connectivity index (χ0v) is 18.3. The fourth-order valence-corrected chi connectivity index (χ4v) is 4.56. The van der Waals surface area contributed by atoms with E-state index in [9.17, 15) is 0 Å². The van der Waals surface area contributed by atoms with Crippen LogP contribution in [-0.4, -0.2) is 48.9 Å². The number of rotatable bonds is 6. The summed E-state index contributed by atoms with van der Waals surface area (Å²) in [4.78, 5) is 8.80. The van der Waals surface area contributed by atoms with Crippen LogP contribution in [0.15, 0.2) is 41.7 Å². The summed E-state index contributed by atoms with van der Waals surface area (Å²) in [5.41, 5.74) is 6.04. The largest absolute Gasteiger partial charge is 0.381 e. The van der Waals surface area contributed by atoms with E-state index in [1.54, 1.807) is 0 Å². The van der Waals surface area contributed by atoms with E-state index >= 15 is 0 Å². The normalized spacial score (nSPS) is 25.3. The molecule has 2 atom stereocenters. The first kappa shape index (κ1) is 20.3. The zero-order chi connectivity index (χ0) is 21.0. The van der Waals surface area contributed by atoms with E-state index in [4.69, 9.17) is 9.72 Å². The SMILES string of the molecule is CCC(c1nc(C=C2CNC(=Cc3ccccc3)CN2)c(C2CC2)[nH]1)C1COCCN1. The minimum Gasteiger partial charge on any atom is -0.381 e. The van der Waals surface area contributed by atoms with Crippen molar-refractivity contribution in [3.05, 3.63) is 64.5 Å². The maximum Gasteiger partial charge on any atom is 0.111 e. The van der Waals surface area contributed by atoms with Crippen LogP contribution in [0.1, 0.15) is 60.8 Å². The maximum atomic E-state index is 5.72. The number of aromatic nitrogens is 2. The number of benzene rings is 1. The average Bonchev–Trinajstić information content (AvgIpc) is 3.58. The third kappa shape index (κ3) is 4.86. The summed E-state index contributed by atoms with van der Waals surface area (Å²) in [6, 6.07) is 10.8. The molecule has 2 unspecified atom stereocenters. The number of aromatic amines is 1. The van der Waals surface area contributed by atoms with Crippen LogP contribution in [0.25, 0.3) is 12.2 Å². The third-order valence-corrected chi connectivity index (χ3v) is 6.46. The standard InChI is InChI=1S/C25H33N5O/c1-2-21(23-16-31-11-10-26-23)25-29-22(24(30-25)18-8-9-18)13-20-15-27-19(14-28-20)12-17-6-4-3-5-7-17/h3-7,12-13,18,21,23,26-28H,2,8-11,14-16H2,1H3,(H,29,30). The van der Waals surface area contributed by atoms with Crippen LogP contribution in [0.2, 0.25) is 0 Å². The fraction of sp³-hybridized carbons (Fsp3) is 0.480. The molecule has 1 aliphatic carbocycles. The summed E-state index contributed by atoms with van der Waals surface area (Å²) < 4.78 is 5.72. The zero-order valence-electron chi connectivity index (χ0n) is 18.3. The summed E-state index contributed by atoms with van der Waals surface area (Å²) in [5, 5.41) is 10.8. The van der Waals surface area contributed by atoms with Gasteiger partial charge in [-0.2, -0.15) is 0 Å². The van der Waals surface area contributed by atoms with Crippen LogP contribution in [0, 0.1) is 0 Å². The molecule has 2 aliphatic heterocycles. The highest BCUT2D eigenvalue weighted by Gasteiger charge is 2.32. The number of nitrogens with zero attached hydrogens (tertiary/aromatic N) is 1. The van der Waals surface area contributed by atoms with Crippen molar-refractivity contribution in [3.8, 4) is 0 Å². The minimum atomic E-state index is 0.331. The molecular formula is C25H33N5O. The van der Waals surface area contributed by atoms with Gasteiger partial charge in [-0.1, -0.05) is 37.3 Å². The fourth-order valence-electron chi connectivity index (χ4n) is 4.56. The Kier molecular flexibility index (Phi) is 6.09. The van der Waals surface area contributed by atoms with Gasteiger partial charge in [-0.3, -0.25) is 0 Å². The van der Waals surface area contributed by atoms with Gasteiger partial charge in [0.1, 0.15) is 5.82 Å². The molecule has 0 radical (unpaired) electrons. The Balaban J connectivity index is 1.32. The van der Waals surface area contributed by atoms with E-state index in [0.29, 0.717) is 17.9 Å². The second-order valence-electron chi connectivity index (χ2n) is 8.80. The van der Waals surface area contributed by atoms with E-state index in [2.05, 4.69) is 64.3 Å². The van der Waals surface area contributed by atoms with Gasteiger partial charge < -0.3 is 25.7 Å². The molecule has 0 spiro atoms. The molecule has 2 aromatic rings. The van der Waals surface area contributed by atoms with Gasteiger partial charge in [0, 0.05) is 41.5 Å². The quantitative estimate of drug-likeness (QED) is 0.578. The van der Waals surface area contributed by atoms with Crippen LogP contribution < -0.4 is 16.0 Å². The highest BCUT2D eigenvalue weighted by atomic mass is 16.5. The Morgan fingerprint density at radius 1 is 1.10 bits per heavy atom. The van der Waals surface area contributed by atoms with Gasteiger partial charge in [-0.25, -0.2) is 4.98 Å². The van der Waals surface area contributed by atoms with Crippen molar-refractivity contribution < 1.29 is 4.74 Å². The van der Waals surface area contributed by atoms with Gasteiger partial charge in [0.05, 0.1) is 32.0 Å². The number of ether oxygens (including phenoxy) is 1. The predicted octanol–water partition coefficient (Wildman–Crippen LogP) is 3.34. The van der Waals surface area contributed by atoms with Crippen LogP contribution >= 0.6 is 0 Å². The van der Waals surface area contributed by atoms with E-state index in [-0.39, 0.29) is 0 Å². The molecule has 31 heavy (non-hydrogen) atoms. The van der Waals surface area contributed by atoms with Crippen LogP contribution in [0.5, 0.6) is 0 Å². The van der Waals surface area contributed by atoms with Gasteiger partial charge in [0.15, 0.2) is 0 Å².